The molecule has 20 heavy (non-hydrogen) atoms. The number of anilines is 2. The molecule has 2 aromatic rings. The van der Waals surface area contributed by atoms with Crippen LogP contribution in [-0.2, 0) is 0 Å². The summed E-state index contributed by atoms with van der Waals surface area (Å²) in [4.78, 5) is 15.9. The van der Waals surface area contributed by atoms with Gasteiger partial charge in [-0.2, -0.15) is 0 Å². The van der Waals surface area contributed by atoms with Gasteiger partial charge in [0.2, 0.25) is 0 Å². The number of hydrogen-bond donors (Lipinski definition) is 2. The number of halogens is 2. The Kier molecular flexibility index (Phi) is 4.89. The van der Waals surface area contributed by atoms with Crippen LogP contribution in [0.2, 0.25) is 0 Å². The second-order valence-electron chi connectivity index (χ2n) is 4.03. The maximum absolute atomic E-state index is 13.8. The van der Waals surface area contributed by atoms with E-state index < -0.39 is 0 Å². The number of pyridine rings is 1. The van der Waals surface area contributed by atoms with Crippen molar-refractivity contribution in [3.63, 3.8) is 0 Å². The Hall–Kier alpha value is -1.70. The Bertz CT molecular complexity index is 634. The van der Waals surface area contributed by atoms with Crippen molar-refractivity contribution in [2.75, 3.05) is 11.9 Å². The van der Waals surface area contributed by atoms with Crippen LogP contribution in [0, 0.1) is 9.39 Å². The largest absolute Gasteiger partial charge is 0.352 e. The zero-order chi connectivity index (χ0) is 14.5. The predicted octanol–water partition coefficient (Wildman–Crippen LogP) is 3.32. The molecular weight excluding hydrogens is 372 g/mol. The molecule has 0 aliphatic rings. The second-order valence-corrected chi connectivity index (χ2v) is 5.28. The van der Waals surface area contributed by atoms with Crippen LogP contribution in [0.4, 0.5) is 15.8 Å². The van der Waals surface area contributed by atoms with E-state index in [0.29, 0.717) is 23.5 Å². The highest BCUT2D eigenvalue weighted by Gasteiger charge is 2.12. The molecule has 1 aromatic carbocycles. The zero-order valence-corrected chi connectivity index (χ0v) is 12.9. The van der Waals surface area contributed by atoms with Gasteiger partial charge >= 0.3 is 0 Å². The van der Waals surface area contributed by atoms with Crippen molar-refractivity contribution in [1.29, 1.82) is 0 Å². The van der Waals surface area contributed by atoms with Crippen molar-refractivity contribution < 1.29 is 9.18 Å². The topological polar surface area (TPSA) is 54.0 Å². The van der Waals surface area contributed by atoms with Crippen molar-refractivity contribution in [2.45, 2.75) is 6.92 Å². The Labute approximate surface area is 129 Å². The number of benzene rings is 1. The molecule has 0 unspecified atom stereocenters. The number of aromatic nitrogens is 1. The summed E-state index contributed by atoms with van der Waals surface area (Å²) in [5.41, 5.74) is 1.21. The SMILES string of the molecule is CCNC(=O)c1ccncc1Nc1ccc(I)cc1F. The minimum Gasteiger partial charge on any atom is -0.352 e. The fraction of sp³-hybridized carbons (Fsp3) is 0.143. The van der Waals surface area contributed by atoms with Gasteiger partial charge in [0.1, 0.15) is 5.82 Å². The molecule has 2 N–H and O–H groups in total. The van der Waals surface area contributed by atoms with Gasteiger partial charge < -0.3 is 10.6 Å². The average Bonchev–Trinajstić information content (AvgIpc) is 2.43. The number of rotatable bonds is 4. The number of nitrogens with one attached hydrogen (secondary N) is 2. The Morgan fingerprint density at radius 2 is 2.15 bits per heavy atom. The quantitative estimate of drug-likeness (QED) is 0.795. The van der Waals surface area contributed by atoms with E-state index in [1.807, 2.05) is 29.5 Å². The molecule has 0 fully saturated rings. The molecular formula is C14H13FIN3O. The van der Waals surface area contributed by atoms with E-state index in [2.05, 4.69) is 15.6 Å². The summed E-state index contributed by atoms with van der Waals surface area (Å²) in [6.07, 6.45) is 3.03. The first-order valence-electron chi connectivity index (χ1n) is 6.06. The number of hydrogen-bond acceptors (Lipinski definition) is 3. The van der Waals surface area contributed by atoms with Crippen LogP contribution in [0.1, 0.15) is 17.3 Å². The summed E-state index contributed by atoms with van der Waals surface area (Å²) >= 11 is 2.04. The first-order valence-corrected chi connectivity index (χ1v) is 7.14. The fourth-order valence-electron chi connectivity index (χ4n) is 1.68. The summed E-state index contributed by atoms with van der Waals surface area (Å²) < 4.78 is 14.6. The maximum atomic E-state index is 13.8. The van der Waals surface area contributed by atoms with E-state index in [0.717, 1.165) is 3.57 Å². The van der Waals surface area contributed by atoms with E-state index >= 15 is 0 Å². The molecule has 104 valence electrons. The van der Waals surface area contributed by atoms with Gasteiger partial charge in [-0.15, -0.1) is 0 Å². The van der Waals surface area contributed by atoms with E-state index in [4.69, 9.17) is 0 Å². The summed E-state index contributed by atoms with van der Waals surface area (Å²) in [6, 6.07) is 6.43. The molecule has 1 amide bonds. The minimum atomic E-state index is -0.373. The van der Waals surface area contributed by atoms with Gasteiger partial charge in [-0.1, -0.05) is 0 Å². The molecule has 0 aliphatic carbocycles. The number of carbonyl (C=O) groups excluding carboxylic acids is 1. The van der Waals surface area contributed by atoms with Gasteiger partial charge in [-0.05, 0) is 53.8 Å². The molecule has 0 atom stereocenters. The van der Waals surface area contributed by atoms with Crippen LogP contribution in [0.5, 0.6) is 0 Å². The van der Waals surface area contributed by atoms with Crippen molar-refractivity contribution in [3.05, 3.63) is 51.6 Å². The van der Waals surface area contributed by atoms with Gasteiger partial charge in [0, 0.05) is 16.3 Å². The third-order valence-corrected chi connectivity index (χ3v) is 3.27. The monoisotopic (exact) mass is 385 g/mol. The summed E-state index contributed by atoms with van der Waals surface area (Å²) in [5.74, 6) is -0.592. The van der Waals surface area contributed by atoms with Crippen LogP contribution in [0.3, 0.4) is 0 Å². The molecule has 1 aromatic heterocycles. The van der Waals surface area contributed by atoms with Crippen LogP contribution in [0.15, 0.2) is 36.7 Å². The highest BCUT2D eigenvalue weighted by molar-refractivity contribution is 14.1. The first kappa shape index (κ1) is 14.7. The molecule has 0 radical (unpaired) electrons. The number of nitrogens with zero attached hydrogens (tertiary/aromatic N) is 1. The molecule has 0 saturated carbocycles. The molecule has 0 bridgehead atoms. The van der Waals surface area contributed by atoms with Crippen molar-refractivity contribution in [3.8, 4) is 0 Å². The highest BCUT2D eigenvalue weighted by atomic mass is 127. The van der Waals surface area contributed by atoms with Crippen molar-refractivity contribution in [2.24, 2.45) is 0 Å². The lowest BCUT2D eigenvalue weighted by atomic mass is 10.2. The van der Waals surface area contributed by atoms with Crippen LogP contribution < -0.4 is 10.6 Å². The summed E-state index contributed by atoms with van der Waals surface area (Å²) in [6.45, 7) is 2.36. The fourth-order valence-corrected chi connectivity index (χ4v) is 2.14. The molecule has 0 aliphatic heterocycles. The van der Waals surface area contributed by atoms with Gasteiger partial charge in [-0.25, -0.2) is 4.39 Å². The predicted molar refractivity (Wildman–Crippen MR) is 84.6 cm³/mol. The lowest BCUT2D eigenvalue weighted by Crippen LogP contribution is -2.23. The molecule has 1 heterocycles. The molecule has 0 saturated heterocycles. The lowest BCUT2D eigenvalue weighted by molar-refractivity contribution is 0.0956. The minimum absolute atomic E-state index is 0.219. The van der Waals surface area contributed by atoms with E-state index in [1.54, 1.807) is 18.2 Å². The maximum Gasteiger partial charge on any atom is 0.253 e. The molecule has 0 spiro atoms. The van der Waals surface area contributed by atoms with Gasteiger partial charge in [-0.3, -0.25) is 9.78 Å². The number of amides is 1. The molecule has 4 nitrogen and oxygen atoms in total. The number of carbonyl (C=O) groups is 1. The summed E-state index contributed by atoms with van der Waals surface area (Å²) in [5, 5.41) is 5.62. The Morgan fingerprint density at radius 3 is 2.85 bits per heavy atom. The van der Waals surface area contributed by atoms with E-state index in [1.165, 1.54) is 18.5 Å². The highest BCUT2D eigenvalue weighted by Crippen LogP contribution is 2.23. The Morgan fingerprint density at radius 1 is 1.35 bits per heavy atom. The smallest absolute Gasteiger partial charge is 0.253 e. The second kappa shape index (κ2) is 6.65. The lowest BCUT2D eigenvalue weighted by Gasteiger charge is -2.12. The Balaban J connectivity index is 2.31. The average molecular weight is 385 g/mol. The summed E-state index contributed by atoms with van der Waals surface area (Å²) in [7, 11) is 0. The molecule has 2 rings (SSSR count). The van der Waals surface area contributed by atoms with Crippen molar-refractivity contribution in [1.82, 2.24) is 10.3 Å². The third-order valence-electron chi connectivity index (χ3n) is 2.60. The van der Waals surface area contributed by atoms with Crippen LogP contribution in [0.25, 0.3) is 0 Å². The van der Waals surface area contributed by atoms with Crippen LogP contribution in [-0.4, -0.2) is 17.4 Å². The first-order chi connectivity index (χ1) is 9.61. The van der Waals surface area contributed by atoms with Gasteiger partial charge in [0.25, 0.3) is 5.91 Å². The van der Waals surface area contributed by atoms with Crippen LogP contribution >= 0.6 is 22.6 Å². The van der Waals surface area contributed by atoms with Gasteiger partial charge in [0.05, 0.1) is 23.1 Å². The zero-order valence-electron chi connectivity index (χ0n) is 10.8. The van der Waals surface area contributed by atoms with E-state index in [-0.39, 0.29) is 11.7 Å². The normalized spacial score (nSPS) is 10.2. The standard InChI is InChI=1S/C14H13FIN3O/c1-2-18-14(20)10-5-6-17-8-13(10)19-12-4-3-9(16)7-11(12)15/h3-8,19H,2H2,1H3,(H,18,20). The van der Waals surface area contributed by atoms with Crippen molar-refractivity contribution >= 4 is 39.9 Å². The third kappa shape index (κ3) is 3.44. The van der Waals surface area contributed by atoms with E-state index in [9.17, 15) is 9.18 Å². The molecule has 6 heteroatoms. The van der Waals surface area contributed by atoms with Gasteiger partial charge in [0.15, 0.2) is 0 Å².